The highest BCUT2D eigenvalue weighted by atomic mass is 79.9. The van der Waals surface area contributed by atoms with Gasteiger partial charge < -0.3 is 10.0 Å². The summed E-state index contributed by atoms with van der Waals surface area (Å²) in [4.78, 5) is 13.3. The third-order valence-corrected chi connectivity index (χ3v) is 3.00. The Morgan fingerprint density at radius 3 is 2.75 bits per heavy atom. The maximum absolute atomic E-state index is 13.4. The quantitative estimate of drug-likeness (QED) is 0.856. The number of hydrogen-bond donors (Lipinski definition) is 1. The van der Waals surface area contributed by atoms with Crippen molar-refractivity contribution in [1.29, 1.82) is 0 Å². The van der Waals surface area contributed by atoms with Crippen LogP contribution in [0.5, 0.6) is 0 Å². The molecule has 86 valence electrons. The zero-order valence-electron chi connectivity index (χ0n) is 8.70. The topological polar surface area (TPSA) is 40.5 Å². The van der Waals surface area contributed by atoms with Gasteiger partial charge in [-0.15, -0.1) is 0 Å². The first-order chi connectivity index (χ1) is 7.39. The van der Waals surface area contributed by atoms with Gasteiger partial charge in [0.1, 0.15) is 5.82 Å². The Bertz CT molecular complexity index is 440. The van der Waals surface area contributed by atoms with Crippen LogP contribution in [0.3, 0.4) is 0 Å². The number of likely N-dealkylation sites (tertiary alicyclic amines) is 1. The summed E-state index contributed by atoms with van der Waals surface area (Å²) < 4.78 is 14.1. The summed E-state index contributed by atoms with van der Waals surface area (Å²) in [5.41, 5.74) is -0.803. The molecule has 0 unspecified atom stereocenters. The van der Waals surface area contributed by atoms with Gasteiger partial charge >= 0.3 is 0 Å². The van der Waals surface area contributed by atoms with Crippen LogP contribution in [0, 0.1) is 5.82 Å². The smallest absolute Gasteiger partial charge is 0.257 e. The van der Waals surface area contributed by atoms with Gasteiger partial charge in [0.15, 0.2) is 0 Å². The summed E-state index contributed by atoms with van der Waals surface area (Å²) in [6, 6.07) is 4.23. The lowest BCUT2D eigenvalue weighted by Crippen LogP contribution is -2.61. The van der Waals surface area contributed by atoms with Crippen molar-refractivity contribution in [2.45, 2.75) is 12.5 Å². The van der Waals surface area contributed by atoms with Crippen LogP contribution in [0.1, 0.15) is 17.3 Å². The van der Waals surface area contributed by atoms with Crippen molar-refractivity contribution in [3.8, 4) is 0 Å². The molecule has 0 radical (unpaired) electrons. The van der Waals surface area contributed by atoms with Crippen molar-refractivity contribution in [1.82, 2.24) is 4.90 Å². The maximum atomic E-state index is 13.4. The van der Waals surface area contributed by atoms with Crippen molar-refractivity contribution in [3.63, 3.8) is 0 Å². The van der Waals surface area contributed by atoms with E-state index in [0.29, 0.717) is 4.47 Å². The zero-order chi connectivity index (χ0) is 11.9. The second-order valence-electron chi connectivity index (χ2n) is 4.28. The van der Waals surface area contributed by atoms with E-state index >= 15 is 0 Å². The molecule has 1 aliphatic rings. The van der Waals surface area contributed by atoms with E-state index in [2.05, 4.69) is 15.9 Å². The Balaban J connectivity index is 2.19. The van der Waals surface area contributed by atoms with E-state index in [1.165, 1.54) is 17.0 Å². The molecule has 3 nitrogen and oxygen atoms in total. The van der Waals surface area contributed by atoms with E-state index in [1.807, 2.05) is 0 Å². The van der Waals surface area contributed by atoms with Gasteiger partial charge in [0.25, 0.3) is 5.91 Å². The van der Waals surface area contributed by atoms with Gasteiger partial charge in [0.2, 0.25) is 0 Å². The minimum Gasteiger partial charge on any atom is -0.386 e. The summed E-state index contributed by atoms with van der Waals surface area (Å²) in [7, 11) is 0. The average Bonchev–Trinajstić information content (AvgIpc) is 2.17. The molecule has 1 heterocycles. The third-order valence-electron chi connectivity index (χ3n) is 2.51. The first-order valence-electron chi connectivity index (χ1n) is 4.86. The lowest BCUT2D eigenvalue weighted by Gasteiger charge is -2.44. The summed E-state index contributed by atoms with van der Waals surface area (Å²) >= 11 is 3.19. The van der Waals surface area contributed by atoms with Crippen LogP contribution in [-0.4, -0.2) is 34.6 Å². The Morgan fingerprint density at radius 1 is 1.56 bits per heavy atom. The van der Waals surface area contributed by atoms with E-state index in [1.54, 1.807) is 13.0 Å². The third kappa shape index (κ3) is 2.10. The first-order valence-corrected chi connectivity index (χ1v) is 5.65. The fourth-order valence-electron chi connectivity index (χ4n) is 1.75. The van der Waals surface area contributed by atoms with Gasteiger partial charge in [-0.25, -0.2) is 4.39 Å². The molecule has 16 heavy (non-hydrogen) atoms. The van der Waals surface area contributed by atoms with E-state index in [0.717, 1.165) is 0 Å². The molecule has 1 fully saturated rings. The molecule has 0 bridgehead atoms. The standard InChI is InChI=1S/C11H11BrFNO2/c1-11(16)5-14(6-11)10(15)8-4-7(12)2-3-9(8)13/h2-4,16H,5-6H2,1H3. The fraction of sp³-hybridized carbons (Fsp3) is 0.364. The number of amides is 1. The Hall–Kier alpha value is -0.940. The molecule has 1 aromatic rings. The van der Waals surface area contributed by atoms with E-state index in [9.17, 15) is 14.3 Å². The van der Waals surface area contributed by atoms with Gasteiger partial charge in [-0.1, -0.05) is 15.9 Å². The zero-order valence-corrected chi connectivity index (χ0v) is 10.3. The number of hydrogen-bond acceptors (Lipinski definition) is 2. The van der Waals surface area contributed by atoms with Crippen LogP contribution in [0.2, 0.25) is 0 Å². The van der Waals surface area contributed by atoms with Crippen molar-refractivity contribution < 1.29 is 14.3 Å². The van der Waals surface area contributed by atoms with Gasteiger partial charge in [-0.05, 0) is 25.1 Å². The number of halogens is 2. The Morgan fingerprint density at radius 2 is 2.19 bits per heavy atom. The number of rotatable bonds is 1. The Labute approximate surface area is 101 Å². The first kappa shape index (κ1) is 11.5. The predicted octanol–water partition coefficient (Wildman–Crippen LogP) is 1.80. The lowest BCUT2D eigenvalue weighted by atomic mass is 9.96. The van der Waals surface area contributed by atoms with Gasteiger partial charge in [0, 0.05) is 4.47 Å². The molecule has 1 saturated heterocycles. The monoisotopic (exact) mass is 287 g/mol. The Kier molecular flexibility index (Phi) is 2.75. The van der Waals surface area contributed by atoms with E-state index in [-0.39, 0.29) is 24.6 Å². The summed E-state index contributed by atoms with van der Waals surface area (Å²) in [6.45, 7) is 2.14. The van der Waals surface area contributed by atoms with Crippen molar-refractivity contribution in [2.24, 2.45) is 0 Å². The van der Waals surface area contributed by atoms with Crippen LogP contribution in [0.15, 0.2) is 22.7 Å². The van der Waals surface area contributed by atoms with E-state index < -0.39 is 11.4 Å². The predicted molar refractivity (Wildman–Crippen MR) is 60.6 cm³/mol. The molecule has 1 N–H and O–H groups in total. The minimum absolute atomic E-state index is 0.0323. The lowest BCUT2D eigenvalue weighted by molar-refractivity contribution is -0.0670. The summed E-state index contributed by atoms with van der Waals surface area (Å²) in [6.07, 6.45) is 0. The fourth-order valence-corrected chi connectivity index (χ4v) is 2.11. The molecule has 0 spiro atoms. The van der Waals surface area contributed by atoms with Crippen LogP contribution in [0.25, 0.3) is 0 Å². The molecule has 5 heteroatoms. The molecule has 1 aromatic carbocycles. The highest BCUT2D eigenvalue weighted by Crippen LogP contribution is 2.24. The molecule has 1 aliphatic heterocycles. The van der Waals surface area contributed by atoms with Gasteiger partial charge in [-0.3, -0.25) is 4.79 Å². The molecular formula is C11H11BrFNO2. The minimum atomic E-state index is -0.835. The highest BCUT2D eigenvalue weighted by molar-refractivity contribution is 9.10. The maximum Gasteiger partial charge on any atom is 0.257 e. The van der Waals surface area contributed by atoms with E-state index in [4.69, 9.17) is 0 Å². The highest BCUT2D eigenvalue weighted by Gasteiger charge is 2.40. The van der Waals surface area contributed by atoms with Crippen LogP contribution < -0.4 is 0 Å². The molecule has 0 aromatic heterocycles. The largest absolute Gasteiger partial charge is 0.386 e. The number of carbonyl (C=O) groups excluding carboxylic acids is 1. The number of nitrogens with zero attached hydrogens (tertiary/aromatic N) is 1. The normalized spacial score (nSPS) is 18.1. The van der Waals surface area contributed by atoms with Crippen LogP contribution in [-0.2, 0) is 0 Å². The SMILES string of the molecule is CC1(O)CN(C(=O)c2cc(Br)ccc2F)C1. The number of aliphatic hydroxyl groups is 1. The van der Waals surface area contributed by atoms with Crippen molar-refractivity contribution in [2.75, 3.05) is 13.1 Å². The molecule has 0 saturated carbocycles. The second-order valence-corrected chi connectivity index (χ2v) is 5.20. The average molecular weight is 288 g/mol. The molecule has 0 atom stereocenters. The van der Waals surface area contributed by atoms with Crippen molar-refractivity contribution >= 4 is 21.8 Å². The van der Waals surface area contributed by atoms with Gasteiger partial charge in [-0.2, -0.15) is 0 Å². The van der Waals surface area contributed by atoms with Crippen LogP contribution in [0.4, 0.5) is 4.39 Å². The second kappa shape index (κ2) is 3.82. The van der Waals surface area contributed by atoms with Crippen molar-refractivity contribution in [3.05, 3.63) is 34.1 Å². The van der Waals surface area contributed by atoms with Gasteiger partial charge in [0.05, 0.1) is 24.3 Å². The summed E-state index contributed by atoms with van der Waals surface area (Å²) in [5, 5.41) is 9.51. The van der Waals surface area contributed by atoms with Crippen LogP contribution >= 0.6 is 15.9 Å². The number of β-amino-alcohol motifs (C(OH)–C–C–N with tert-alkyl or cyclic N) is 1. The molecular weight excluding hydrogens is 277 g/mol. The number of benzene rings is 1. The number of carbonyl (C=O) groups is 1. The molecule has 1 amide bonds. The summed E-state index contributed by atoms with van der Waals surface area (Å²) in [5.74, 6) is -0.926. The molecule has 0 aliphatic carbocycles. The molecule has 2 rings (SSSR count).